The Bertz CT molecular complexity index is 1050. The lowest BCUT2D eigenvalue weighted by atomic mass is 10.1. The third-order valence-electron chi connectivity index (χ3n) is 5.09. The fourth-order valence-corrected chi connectivity index (χ4v) is 3.46. The van der Waals surface area contributed by atoms with E-state index in [0.29, 0.717) is 12.2 Å². The summed E-state index contributed by atoms with van der Waals surface area (Å²) < 4.78 is 2.08. The van der Waals surface area contributed by atoms with Gasteiger partial charge in [-0.15, -0.1) is 10.2 Å². The molecule has 3 aromatic rings. The number of carbonyl (C=O) groups excluding carboxylic acids is 2. The van der Waals surface area contributed by atoms with Crippen molar-refractivity contribution in [1.82, 2.24) is 29.7 Å². The topological polar surface area (TPSA) is 85.9 Å². The van der Waals surface area contributed by atoms with E-state index in [1.54, 1.807) is 14.1 Å². The molecular formula is C22H28N6O2. The van der Waals surface area contributed by atoms with E-state index >= 15 is 0 Å². The number of Topliss-reactive ketones (excluding diaryl/α,β-unsaturated/α-hetero) is 1. The molecule has 0 aliphatic heterocycles. The fraction of sp³-hybridized carbons (Fsp3) is 0.409. The highest BCUT2D eigenvalue weighted by Crippen LogP contribution is 2.24. The van der Waals surface area contributed by atoms with Crippen molar-refractivity contribution in [3.05, 3.63) is 47.3 Å². The zero-order valence-electron chi connectivity index (χ0n) is 18.2. The first-order valence-corrected chi connectivity index (χ1v) is 10.2. The summed E-state index contributed by atoms with van der Waals surface area (Å²) in [5.41, 5.74) is 4.47. The molecule has 2 aromatic heterocycles. The number of benzene rings is 1. The van der Waals surface area contributed by atoms with Crippen molar-refractivity contribution < 1.29 is 9.59 Å². The maximum absolute atomic E-state index is 12.6. The van der Waals surface area contributed by atoms with Crippen LogP contribution in [-0.4, -0.2) is 55.6 Å². The number of unbranched alkanes of at least 4 members (excludes halogenated alkanes) is 2. The molecule has 8 heteroatoms. The minimum Gasteiger partial charge on any atom is -0.328 e. The van der Waals surface area contributed by atoms with E-state index in [4.69, 9.17) is 0 Å². The van der Waals surface area contributed by atoms with Crippen LogP contribution in [0.4, 0.5) is 4.79 Å². The summed E-state index contributed by atoms with van der Waals surface area (Å²) in [5, 5.41) is 11.9. The molecule has 0 saturated carbocycles. The van der Waals surface area contributed by atoms with Crippen molar-refractivity contribution in [1.29, 1.82) is 0 Å². The van der Waals surface area contributed by atoms with Gasteiger partial charge in [0.1, 0.15) is 0 Å². The van der Waals surface area contributed by atoms with Crippen LogP contribution in [0, 0.1) is 13.8 Å². The number of ketones is 1. The lowest BCUT2D eigenvalue weighted by molar-refractivity contribution is 0.0978. The normalized spacial score (nSPS) is 11.0. The third-order valence-corrected chi connectivity index (χ3v) is 5.09. The van der Waals surface area contributed by atoms with Gasteiger partial charge in [-0.25, -0.2) is 4.79 Å². The number of hydrogen-bond acceptors (Lipinski definition) is 5. The molecule has 0 saturated heterocycles. The van der Waals surface area contributed by atoms with Gasteiger partial charge in [0.05, 0.1) is 0 Å². The van der Waals surface area contributed by atoms with Crippen molar-refractivity contribution >= 4 is 11.8 Å². The largest absolute Gasteiger partial charge is 0.362 e. The number of hydrogen-bond donors (Lipinski definition) is 0. The van der Waals surface area contributed by atoms with Crippen LogP contribution in [0.2, 0.25) is 0 Å². The van der Waals surface area contributed by atoms with Crippen LogP contribution in [0.3, 0.4) is 0 Å². The van der Waals surface area contributed by atoms with Crippen LogP contribution >= 0.6 is 0 Å². The van der Waals surface area contributed by atoms with Gasteiger partial charge in [-0.1, -0.05) is 24.6 Å². The van der Waals surface area contributed by atoms with E-state index in [1.165, 1.54) is 4.90 Å². The number of rotatable bonds is 7. The molecule has 0 aliphatic carbocycles. The molecule has 8 nitrogen and oxygen atoms in total. The second-order valence-electron chi connectivity index (χ2n) is 7.63. The molecule has 0 atom stereocenters. The molecule has 158 valence electrons. The first kappa shape index (κ1) is 21.4. The number of aryl methyl sites for hydroxylation is 1. The molecule has 2 heterocycles. The van der Waals surface area contributed by atoms with E-state index in [2.05, 4.69) is 26.9 Å². The van der Waals surface area contributed by atoms with Crippen molar-refractivity contribution in [2.75, 3.05) is 14.1 Å². The highest BCUT2D eigenvalue weighted by atomic mass is 16.2. The van der Waals surface area contributed by atoms with Crippen molar-refractivity contribution in [3.8, 4) is 17.1 Å². The number of nitrogens with zero attached hydrogens (tertiary/aromatic N) is 6. The monoisotopic (exact) mass is 408 g/mol. The second kappa shape index (κ2) is 9.02. The highest BCUT2D eigenvalue weighted by Gasteiger charge is 2.17. The number of carbonyl (C=O) groups is 2. The van der Waals surface area contributed by atoms with Gasteiger partial charge >= 0.3 is 6.03 Å². The van der Waals surface area contributed by atoms with Crippen LogP contribution in [0.1, 0.15) is 54.4 Å². The Hall–Kier alpha value is -3.29. The molecular weight excluding hydrogens is 380 g/mol. The second-order valence-corrected chi connectivity index (χ2v) is 7.63. The van der Waals surface area contributed by atoms with Crippen molar-refractivity contribution in [2.45, 2.75) is 46.5 Å². The predicted molar refractivity (Wildman–Crippen MR) is 115 cm³/mol. The summed E-state index contributed by atoms with van der Waals surface area (Å²) in [4.78, 5) is 26.9. The van der Waals surface area contributed by atoms with Gasteiger partial charge < -0.3 is 9.47 Å². The van der Waals surface area contributed by atoms with Crippen molar-refractivity contribution in [3.63, 3.8) is 0 Å². The van der Waals surface area contributed by atoms with Gasteiger partial charge in [-0.05, 0) is 55.8 Å². The fourth-order valence-electron chi connectivity index (χ4n) is 3.46. The van der Waals surface area contributed by atoms with Gasteiger partial charge in [-0.2, -0.15) is 0 Å². The molecule has 0 spiro atoms. The zero-order valence-corrected chi connectivity index (χ0v) is 18.2. The Morgan fingerprint density at radius 1 is 1.07 bits per heavy atom. The zero-order chi connectivity index (χ0) is 21.8. The average Bonchev–Trinajstić information content (AvgIpc) is 3.32. The summed E-state index contributed by atoms with van der Waals surface area (Å²) in [6.45, 7) is 6.12. The highest BCUT2D eigenvalue weighted by molar-refractivity contribution is 5.97. The Morgan fingerprint density at radius 3 is 2.40 bits per heavy atom. The molecule has 0 aliphatic rings. The molecule has 0 fully saturated rings. The maximum atomic E-state index is 12.6. The quantitative estimate of drug-likeness (QED) is 0.435. The standard InChI is InChI=1S/C22H28N6O2/c1-6-7-8-9-20(29)19-14-15(2)27(16(19)3)18-12-10-17(11-13-18)21-23-25-28(24-21)22(30)26(4)5/h10-14H,6-9H2,1-5H3. The molecule has 0 N–H and O–H groups in total. The van der Waals surface area contributed by atoms with Crippen LogP contribution in [0.25, 0.3) is 17.1 Å². The lowest BCUT2D eigenvalue weighted by Crippen LogP contribution is -2.29. The van der Waals surface area contributed by atoms with Gasteiger partial charge in [-0.3, -0.25) is 4.79 Å². The maximum Gasteiger partial charge on any atom is 0.362 e. The molecule has 3 rings (SSSR count). The SMILES string of the molecule is CCCCCC(=O)c1cc(C)n(-c2ccc(-c3nnn(C(=O)N(C)C)n3)cc2)c1C. The van der Waals surface area contributed by atoms with E-state index in [9.17, 15) is 9.59 Å². The minimum absolute atomic E-state index is 0.200. The molecule has 1 amide bonds. The summed E-state index contributed by atoms with van der Waals surface area (Å²) in [6.07, 6.45) is 3.69. The molecule has 1 aromatic carbocycles. The van der Waals surface area contributed by atoms with E-state index < -0.39 is 0 Å². The average molecular weight is 409 g/mol. The lowest BCUT2D eigenvalue weighted by Gasteiger charge is -2.10. The Balaban J connectivity index is 1.83. The number of tetrazole rings is 1. The molecule has 30 heavy (non-hydrogen) atoms. The van der Waals surface area contributed by atoms with Gasteiger partial charge in [0, 0.05) is 48.7 Å². The number of amides is 1. The van der Waals surface area contributed by atoms with Crippen molar-refractivity contribution in [2.24, 2.45) is 0 Å². The van der Waals surface area contributed by atoms with Crippen LogP contribution in [-0.2, 0) is 0 Å². The minimum atomic E-state index is -0.361. The summed E-state index contributed by atoms with van der Waals surface area (Å²) >= 11 is 0. The van der Waals surface area contributed by atoms with E-state index in [1.807, 2.05) is 44.2 Å². The van der Waals surface area contributed by atoms with Gasteiger partial charge in [0.25, 0.3) is 0 Å². The molecule has 0 radical (unpaired) electrons. The summed E-state index contributed by atoms with van der Waals surface area (Å²) in [7, 11) is 3.26. The first-order chi connectivity index (χ1) is 14.3. The molecule has 0 unspecified atom stereocenters. The van der Waals surface area contributed by atoms with Gasteiger partial charge in [0.2, 0.25) is 5.82 Å². The molecule has 0 bridgehead atoms. The van der Waals surface area contributed by atoms with Crippen LogP contribution in [0.5, 0.6) is 0 Å². The summed E-state index contributed by atoms with van der Waals surface area (Å²) in [6, 6.07) is 9.29. The van der Waals surface area contributed by atoms with Gasteiger partial charge in [0.15, 0.2) is 5.78 Å². The Morgan fingerprint density at radius 2 is 1.77 bits per heavy atom. The predicted octanol–water partition coefficient (Wildman–Crippen LogP) is 4.04. The third kappa shape index (κ3) is 4.32. The van der Waals surface area contributed by atoms with E-state index in [-0.39, 0.29) is 11.8 Å². The van der Waals surface area contributed by atoms with E-state index in [0.717, 1.165) is 52.3 Å². The van der Waals surface area contributed by atoms with Crippen LogP contribution < -0.4 is 0 Å². The Kier molecular flexibility index (Phi) is 6.44. The number of aromatic nitrogens is 5. The summed E-state index contributed by atoms with van der Waals surface area (Å²) in [5.74, 6) is 0.579. The van der Waals surface area contributed by atoms with Crippen LogP contribution in [0.15, 0.2) is 30.3 Å². The first-order valence-electron chi connectivity index (χ1n) is 10.2. The Labute approximate surface area is 176 Å². The smallest absolute Gasteiger partial charge is 0.328 e.